The molecule has 5 heteroatoms. The van der Waals surface area contributed by atoms with Gasteiger partial charge in [0.2, 0.25) is 0 Å². The van der Waals surface area contributed by atoms with Gasteiger partial charge in [0.25, 0.3) is 0 Å². The number of hydrogen-bond acceptors (Lipinski definition) is 5. The van der Waals surface area contributed by atoms with E-state index < -0.39 is 11.9 Å². The van der Waals surface area contributed by atoms with Gasteiger partial charge in [0.15, 0.2) is 5.78 Å². The average Bonchev–Trinajstić information content (AvgIpc) is 3.20. The third kappa shape index (κ3) is 3.33. The average molecular weight is 363 g/mol. The van der Waals surface area contributed by atoms with E-state index in [1.807, 2.05) is 37.3 Å². The molecule has 0 fully saturated rings. The number of esters is 1. The molecule has 2 aromatic rings. The van der Waals surface area contributed by atoms with Crippen LogP contribution < -0.4 is 5.32 Å². The van der Waals surface area contributed by atoms with Crippen LogP contribution in [0, 0.1) is 0 Å². The molecule has 1 aliphatic heterocycles. The summed E-state index contributed by atoms with van der Waals surface area (Å²) in [5.74, 6) is -0.307. The van der Waals surface area contributed by atoms with Gasteiger partial charge in [-0.1, -0.05) is 30.3 Å². The van der Waals surface area contributed by atoms with Crippen LogP contribution in [-0.2, 0) is 20.9 Å². The normalized spacial score (nSPS) is 19.6. The van der Waals surface area contributed by atoms with E-state index in [0.717, 1.165) is 24.1 Å². The number of benzene rings is 1. The number of allylic oxidation sites excluding steroid dienone is 3. The van der Waals surface area contributed by atoms with Crippen LogP contribution >= 0.6 is 0 Å². The van der Waals surface area contributed by atoms with Gasteiger partial charge in [-0.2, -0.15) is 0 Å². The van der Waals surface area contributed by atoms with Crippen molar-refractivity contribution in [3.63, 3.8) is 0 Å². The van der Waals surface area contributed by atoms with Gasteiger partial charge >= 0.3 is 5.97 Å². The van der Waals surface area contributed by atoms with Crippen molar-refractivity contribution in [2.75, 3.05) is 0 Å². The van der Waals surface area contributed by atoms with Crippen molar-refractivity contribution in [2.24, 2.45) is 0 Å². The smallest absolute Gasteiger partial charge is 0.337 e. The van der Waals surface area contributed by atoms with Crippen LogP contribution in [0.4, 0.5) is 0 Å². The Balaban J connectivity index is 1.67. The van der Waals surface area contributed by atoms with Crippen molar-refractivity contribution in [3.8, 4) is 0 Å². The molecule has 2 aliphatic rings. The zero-order valence-electron chi connectivity index (χ0n) is 15.2. The molecule has 1 atom stereocenters. The molecule has 138 valence electrons. The van der Waals surface area contributed by atoms with Gasteiger partial charge in [-0.05, 0) is 37.5 Å². The maximum atomic E-state index is 13.0. The SMILES string of the molecule is CC1=C(C(=O)OCc2ccccc2)[C@H](c2ccco2)C2=C(CCCC2=O)N1. The van der Waals surface area contributed by atoms with E-state index >= 15 is 0 Å². The van der Waals surface area contributed by atoms with Gasteiger partial charge in [0.1, 0.15) is 12.4 Å². The summed E-state index contributed by atoms with van der Waals surface area (Å²) in [6.07, 6.45) is 3.66. The Hall–Kier alpha value is -3.08. The van der Waals surface area contributed by atoms with Gasteiger partial charge in [0, 0.05) is 23.4 Å². The zero-order chi connectivity index (χ0) is 18.8. The number of nitrogens with one attached hydrogen (secondary N) is 1. The standard InChI is InChI=1S/C22H21NO4/c1-14-19(22(25)27-13-15-7-3-2-4-8-15)21(18-11-6-12-26-18)20-16(23-14)9-5-10-17(20)24/h2-4,6-8,11-12,21,23H,5,9-10,13H2,1H3/t21-/m0/s1. The van der Waals surface area contributed by atoms with Crippen LogP contribution in [0.25, 0.3) is 0 Å². The second-order valence-corrected chi connectivity index (χ2v) is 6.84. The largest absolute Gasteiger partial charge is 0.468 e. The van der Waals surface area contributed by atoms with Crippen LogP contribution in [0.1, 0.15) is 43.4 Å². The first-order valence-corrected chi connectivity index (χ1v) is 9.13. The first-order valence-electron chi connectivity index (χ1n) is 9.13. The fourth-order valence-electron chi connectivity index (χ4n) is 3.79. The number of carbonyl (C=O) groups excluding carboxylic acids is 2. The molecule has 1 aromatic carbocycles. The summed E-state index contributed by atoms with van der Waals surface area (Å²) in [5, 5.41) is 3.27. The topological polar surface area (TPSA) is 68.5 Å². The molecule has 0 amide bonds. The molecule has 2 heterocycles. The van der Waals surface area contributed by atoms with E-state index in [4.69, 9.17) is 9.15 Å². The molecular formula is C22H21NO4. The molecular weight excluding hydrogens is 342 g/mol. The van der Waals surface area contributed by atoms with E-state index in [9.17, 15) is 9.59 Å². The van der Waals surface area contributed by atoms with Gasteiger partial charge in [-0.15, -0.1) is 0 Å². The van der Waals surface area contributed by atoms with E-state index in [-0.39, 0.29) is 12.4 Å². The van der Waals surface area contributed by atoms with E-state index in [2.05, 4.69) is 5.32 Å². The lowest BCUT2D eigenvalue weighted by atomic mass is 9.77. The van der Waals surface area contributed by atoms with Crippen LogP contribution in [-0.4, -0.2) is 11.8 Å². The second-order valence-electron chi connectivity index (χ2n) is 6.84. The predicted octanol–water partition coefficient (Wildman–Crippen LogP) is 3.99. The Kier molecular flexibility index (Phi) is 4.67. The quantitative estimate of drug-likeness (QED) is 0.832. The summed E-state index contributed by atoms with van der Waals surface area (Å²) >= 11 is 0. The van der Waals surface area contributed by atoms with Gasteiger partial charge in [-0.3, -0.25) is 4.79 Å². The first kappa shape index (κ1) is 17.3. The second kappa shape index (κ2) is 7.27. The number of Topliss-reactive ketones (excluding diaryl/α,β-unsaturated/α-hetero) is 1. The number of dihydropyridines is 1. The molecule has 0 saturated carbocycles. The molecule has 27 heavy (non-hydrogen) atoms. The highest BCUT2D eigenvalue weighted by molar-refractivity contribution is 6.03. The summed E-state index contributed by atoms with van der Waals surface area (Å²) in [7, 11) is 0. The first-order chi connectivity index (χ1) is 13.1. The predicted molar refractivity (Wildman–Crippen MR) is 99.4 cm³/mol. The highest BCUT2D eigenvalue weighted by Crippen LogP contribution is 2.42. The van der Waals surface area contributed by atoms with Crippen molar-refractivity contribution in [1.29, 1.82) is 0 Å². The minimum atomic E-state index is -0.521. The third-order valence-corrected chi connectivity index (χ3v) is 5.04. The van der Waals surface area contributed by atoms with E-state index in [1.54, 1.807) is 18.4 Å². The number of ether oxygens (including phenoxy) is 1. The number of ketones is 1. The maximum Gasteiger partial charge on any atom is 0.337 e. The van der Waals surface area contributed by atoms with Crippen molar-refractivity contribution in [3.05, 3.63) is 82.6 Å². The van der Waals surface area contributed by atoms with Crippen LogP contribution in [0.5, 0.6) is 0 Å². The Bertz CT molecular complexity index is 922. The lowest BCUT2D eigenvalue weighted by molar-refractivity contribution is -0.140. The molecule has 0 spiro atoms. The number of rotatable bonds is 4. The van der Waals surface area contributed by atoms with Gasteiger partial charge in [-0.25, -0.2) is 4.79 Å². The van der Waals surface area contributed by atoms with Gasteiger partial charge in [0.05, 0.1) is 17.8 Å². The van der Waals surface area contributed by atoms with Crippen LogP contribution in [0.2, 0.25) is 0 Å². The lowest BCUT2D eigenvalue weighted by Crippen LogP contribution is -2.34. The molecule has 0 saturated heterocycles. The monoisotopic (exact) mass is 363 g/mol. The Morgan fingerprint density at radius 1 is 1.19 bits per heavy atom. The van der Waals surface area contributed by atoms with E-state index in [0.29, 0.717) is 29.0 Å². The van der Waals surface area contributed by atoms with Crippen molar-refractivity contribution >= 4 is 11.8 Å². The summed E-state index contributed by atoms with van der Waals surface area (Å²) < 4.78 is 11.2. The van der Waals surface area contributed by atoms with Gasteiger partial charge < -0.3 is 14.5 Å². The number of hydrogen-bond donors (Lipinski definition) is 1. The number of furan rings is 1. The molecule has 4 rings (SSSR count). The summed E-state index contributed by atoms with van der Waals surface area (Å²) in [4.78, 5) is 25.6. The summed E-state index contributed by atoms with van der Waals surface area (Å²) in [6, 6.07) is 13.1. The fourth-order valence-corrected chi connectivity index (χ4v) is 3.79. The zero-order valence-corrected chi connectivity index (χ0v) is 15.2. The molecule has 1 aromatic heterocycles. The molecule has 0 unspecified atom stereocenters. The fraction of sp³-hybridized carbons (Fsp3) is 0.273. The van der Waals surface area contributed by atoms with Crippen LogP contribution in [0.15, 0.2) is 75.7 Å². The Morgan fingerprint density at radius 3 is 2.74 bits per heavy atom. The van der Waals surface area contributed by atoms with Crippen LogP contribution in [0.3, 0.4) is 0 Å². The molecule has 5 nitrogen and oxygen atoms in total. The highest BCUT2D eigenvalue weighted by atomic mass is 16.5. The van der Waals surface area contributed by atoms with Crippen molar-refractivity contribution in [2.45, 2.75) is 38.7 Å². The molecule has 0 bridgehead atoms. The maximum absolute atomic E-state index is 13.0. The summed E-state index contributed by atoms with van der Waals surface area (Å²) in [6.45, 7) is 2.03. The minimum Gasteiger partial charge on any atom is -0.468 e. The van der Waals surface area contributed by atoms with Crippen molar-refractivity contribution in [1.82, 2.24) is 5.32 Å². The van der Waals surface area contributed by atoms with Crippen molar-refractivity contribution < 1.29 is 18.7 Å². The minimum absolute atomic E-state index is 0.0611. The molecule has 1 aliphatic carbocycles. The molecule has 1 N–H and O–H groups in total. The molecule has 0 radical (unpaired) electrons. The Labute approximate surface area is 157 Å². The highest BCUT2D eigenvalue weighted by Gasteiger charge is 2.40. The third-order valence-electron chi connectivity index (χ3n) is 5.04. The summed E-state index contributed by atoms with van der Waals surface area (Å²) in [5.41, 5.74) is 3.59. The number of carbonyl (C=O) groups is 2. The Morgan fingerprint density at radius 2 is 2.00 bits per heavy atom. The lowest BCUT2D eigenvalue weighted by Gasteiger charge is -2.32. The van der Waals surface area contributed by atoms with E-state index in [1.165, 1.54) is 0 Å².